The Morgan fingerprint density at radius 2 is 1.41 bits per heavy atom. The third-order valence-electron chi connectivity index (χ3n) is 1.70. The van der Waals surface area contributed by atoms with Crippen LogP contribution in [-0.4, -0.2) is 65.5 Å². The lowest BCUT2D eigenvalue weighted by Gasteiger charge is -2.08. The summed E-state index contributed by atoms with van der Waals surface area (Å²) in [6, 6.07) is 0. The van der Waals surface area contributed by atoms with Crippen LogP contribution in [0.25, 0.3) is 0 Å². The monoisotopic (exact) mass is 342 g/mol. The van der Waals surface area contributed by atoms with Crippen LogP contribution in [0, 0.1) is 0 Å². The number of aliphatic hydroxyl groups is 2. The van der Waals surface area contributed by atoms with Gasteiger partial charge in [-0.2, -0.15) is 0 Å². The van der Waals surface area contributed by atoms with Gasteiger partial charge in [0.1, 0.15) is 18.8 Å². The van der Waals surface area contributed by atoms with Gasteiger partial charge in [-0.1, -0.05) is 0 Å². The Kier molecular flexibility index (Phi) is 13.8. The molecule has 0 amide bonds. The minimum absolute atomic E-state index is 0.158. The summed E-state index contributed by atoms with van der Waals surface area (Å²) in [6.45, 7) is 5.68. The maximum absolute atomic E-state index is 10.8. The summed E-state index contributed by atoms with van der Waals surface area (Å²) >= 11 is 5.19. The third kappa shape index (κ3) is 15.0. The molecule has 0 aromatic rings. The van der Waals surface area contributed by atoms with Gasteiger partial charge in [-0.15, -0.1) is 11.6 Å². The summed E-state index contributed by atoms with van der Waals surface area (Å²) in [5.41, 5.74) is 0. The van der Waals surface area contributed by atoms with Crippen molar-refractivity contribution in [1.29, 1.82) is 0 Å². The van der Waals surface area contributed by atoms with Crippen molar-refractivity contribution in [2.45, 2.75) is 46.0 Å². The number of aliphatic hydroxyl groups excluding tert-OH is 2. The van der Waals surface area contributed by atoms with E-state index in [-0.39, 0.29) is 18.6 Å². The lowest BCUT2D eigenvalue weighted by Crippen LogP contribution is -2.24. The molecule has 2 N–H and O–H groups in total. The number of carbonyl (C=O) groups is 3. The molecule has 0 aromatic heterocycles. The summed E-state index contributed by atoms with van der Waals surface area (Å²) in [5, 5.41) is 17.2. The normalized spacial score (nSPS) is 12.5. The second-order valence-electron chi connectivity index (χ2n) is 4.35. The zero-order chi connectivity index (χ0) is 17.7. The second kappa shape index (κ2) is 13.3. The number of esters is 3. The van der Waals surface area contributed by atoms with Crippen molar-refractivity contribution in [2.24, 2.45) is 0 Å². The first-order chi connectivity index (χ1) is 10.1. The van der Waals surface area contributed by atoms with E-state index in [1.54, 1.807) is 13.8 Å². The molecule has 0 aliphatic rings. The quantitative estimate of drug-likeness (QED) is 0.377. The van der Waals surface area contributed by atoms with Crippen LogP contribution in [0.15, 0.2) is 0 Å². The highest BCUT2D eigenvalue weighted by Gasteiger charge is 2.13. The molecule has 0 saturated carbocycles. The predicted molar refractivity (Wildman–Crippen MR) is 77.2 cm³/mol. The number of ether oxygens (including phenoxy) is 3. The van der Waals surface area contributed by atoms with Crippen LogP contribution in [0.4, 0.5) is 0 Å². The van der Waals surface area contributed by atoms with Crippen LogP contribution < -0.4 is 0 Å². The number of halogens is 1. The maximum atomic E-state index is 10.8. The summed E-state index contributed by atoms with van der Waals surface area (Å²) < 4.78 is 13.5. The van der Waals surface area contributed by atoms with Gasteiger partial charge in [-0.3, -0.25) is 0 Å². The van der Waals surface area contributed by atoms with E-state index in [0.29, 0.717) is 0 Å². The average molecular weight is 343 g/mol. The van der Waals surface area contributed by atoms with Crippen molar-refractivity contribution in [3.8, 4) is 0 Å². The molecule has 0 aliphatic carbocycles. The van der Waals surface area contributed by atoms with E-state index in [0.717, 1.165) is 0 Å². The van der Waals surface area contributed by atoms with Crippen molar-refractivity contribution in [1.82, 2.24) is 0 Å². The van der Waals surface area contributed by atoms with Gasteiger partial charge in [0.05, 0.1) is 12.0 Å². The van der Waals surface area contributed by atoms with Gasteiger partial charge in [0.2, 0.25) is 0 Å². The van der Waals surface area contributed by atoms with Crippen molar-refractivity contribution in [2.75, 3.05) is 19.1 Å². The van der Waals surface area contributed by atoms with Gasteiger partial charge in [0.15, 0.2) is 6.61 Å². The molecule has 0 spiro atoms. The number of rotatable bonds is 7. The fraction of sp³-hybridized carbons (Fsp3) is 0.769. The zero-order valence-corrected chi connectivity index (χ0v) is 13.8. The zero-order valence-electron chi connectivity index (χ0n) is 13.1. The Hall–Kier alpha value is -1.38. The minimum atomic E-state index is -1.22. The van der Waals surface area contributed by atoms with Gasteiger partial charge in [-0.25, -0.2) is 14.4 Å². The van der Waals surface area contributed by atoms with E-state index >= 15 is 0 Å². The Bertz CT molecular complexity index is 341. The molecule has 22 heavy (non-hydrogen) atoms. The van der Waals surface area contributed by atoms with Gasteiger partial charge in [0.25, 0.3) is 0 Å². The Morgan fingerprint density at radius 1 is 0.955 bits per heavy atom. The molecule has 8 nitrogen and oxygen atoms in total. The predicted octanol–water partition coefficient (Wildman–Crippen LogP) is 0.0112. The van der Waals surface area contributed by atoms with E-state index in [2.05, 4.69) is 14.2 Å². The van der Waals surface area contributed by atoms with Crippen LogP contribution in [0.3, 0.4) is 0 Å². The number of carbonyl (C=O) groups excluding carboxylic acids is 3. The first-order valence-electron chi connectivity index (χ1n) is 6.56. The Morgan fingerprint density at radius 3 is 1.77 bits per heavy atom. The highest BCUT2D eigenvalue weighted by molar-refractivity contribution is 6.18. The SMILES string of the molecule is CC(C)OC(=O)COC(=O)C(C)O.CC(O)C(=O)OCCCl. The molecule has 0 fully saturated rings. The lowest BCUT2D eigenvalue weighted by molar-refractivity contribution is -0.165. The van der Waals surface area contributed by atoms with Crippen molar-refractivity contribution in [3.63, 3.8) is 0 Å². The molecule has 0 saturated heterocycles. The van der Waals surface area contributed by atoms with Gasteiger partial charge < -0.3 is 24.4 Å². The lowest BCUT2D eigenvalue weighted by atomic mass is 10.4. The summed E-state index contributed by atoms with van der Waals surface area (Å²) in [7, 11) is 0. The first-order valence-corrected chi connectivity index (χ1v) is 7.10. The van der Waals surface area contributed by atoms with Crippen LogP contribution >= 0.6 is 11.6 Å². The average Bonchev–Trinajstić information content (AvgIpc) is 2.41. The van der Waals surface area contributed by atoms with Crippen molar-refractivity contribution in [3.05, 3.63) is 0 Å². The maximum Gasteiger partial charge on any atom is 0.344 e. The molecule has 0 radical (unpaired) electrons. The number of hydrogen-bond acceptors (Lipinski definition) is 8. The van der Waals surface area contributed by atoms with Crippen LogP contribution in [0.1, 0.15) is 27.7 Å². The Labute approximate surface area is 134 Å². The highest BCUT2D eigenvalue weighted by atomic mass is 35.5. The van der Waals surface area contributed by atoms with E-state index in [1.807, 2.05) is 0 Å². The third-order valence-corrected chi connectivity index (χ3v) is 1.86. The van der Waals surface area contributed by atoms with Crippen LogP contribution in [0.5, 0.6) is 0 Å². The molecule has 0 bridgehead atoms. The van der Waals surface area contributed by atoms with Crippen LogP contribution in [0.2, 0.25) is 0 Å². The number of hydrogen-bond donors (Lipinski definition) is 2. The molecule has 9 heteroatoms. The minimum Gasteiger partial charge on any atom is -0.463 e. The van der Waals surface area contributed by atoms with E-state index in [9.17, 15) is 14.4 Å². The van der Waals surface area contributed by atoms with Gasteiger partial charge in [0, 0.05) is 0 Å². The number of alkyl halides is 1. The summed E-state index contributed by atoms with van der Waals surface area (Å²) in [4.78, 5) is 31.8. The molecule has 130 valence electrons. The molecular formula is C13H23ClO8. The summed E-state index contributed by atoms with van der Waals surface area (Å²) in [6.07, 6.45) is -2.50. The van der Waals surface area contributed by atoms with Gasteiger partial charge in [-0.05, 0) is 27.7 Å². The summed E-state index contributed by atoms with van der Waals surface area (Å²) in [5.74, 6) is -1.82. The molecule has 2 unspecified atom stereocenters. The molecule has 2 atom stereocenters. The highest BCUT2D eigenvalue weighted by Crippen LogP contribution is 1.92. The van der Waals surface area contributed by atoms with E-state index < -0.39 is 36.7 Å². The van der Waals surface area contributed by atoms with Crippen molar-refractivity contribution >= 4 is 29.5 Å². The topological polar surface area (TPSA) is 119 Å². The standard InChI is InChI=1S/C8H14O5.C5H9ClO3/c1-5(2)13-7(10)4-12-8(11)6(3)9;1-4(7)5(8)9-3-2-6/h5-6,9H,4H2,1-3H3;4,7H,2-3H2,1H3. The second-order valence-corrected chi connectivity index (χ2v) is 4.73. The smallest absolute Gasteiger partial charge is 0.344 e. The Balaban J connectivity index is 0. The molecule has 0 heterocycles. The van der Waals surface area contributed by atoms with Crippen LogP contribution in [-0.2, 0) is 28.6 Å². The fourth-order valence-electron chi connectivity index (χ4n) is 0.807. The van der Waals surface area contributed by atoms with Gasteiger partial charge >= 0.3 is 17.9 Å². The first kappa shape index (κ1) is 22.9. The van der Waals surface area contributed by atoms with Crippen molar-refractivity contribution < 1.29 is 38.8 Å². The van der Waals surface area contributed by atoms with E-state index in [1.165, 1.54) is 13.8 Å². The molecule has 0 rings (SSSR count). The molecule has 0 aliphatic heterocycles. The van der Waals surface area contributed by atoms with E-state index in [4.69, 9.17) is 21.8 Å². The molecule has 0 aromatic carbocycles. The largest absolute Gasteiger partial charge is 0.463 e. The fourth-order valence-corrected chi connectivity index (χ4v) is 0.884. The molecular weight excluding hydrogens is 320 g/mol.